The fraction of sp³-hybridized carbons (Fsp3) is 0.316. The molecular formula is C19H21N3O2. The largest absolute Gasteiger partial charge is 0.326 e. The molecule has 1 aromatic heterocycles. The number of nitrogens with one attached hydrogen (secondary N) is 2. The third kappa shape index (κ3) is 3.02. The first-order valence-corrected chi connectivity index (χ1v) is 7.96. The number of fused-ring (bicyclic) bond motifs is 1. The topological polar surface area (TPSA) is 71.1 Å². The molecule has 2 heterocycles. The van der Waals surface area contributed by atoms with Gasteiger partial charge in [-0.3, -0.25) is 9.59 Å². The molecule has 2 aromatic rings. The quantitative estimate of drug-likeness (QED) is 0.888. The van der Waals surface area contributed by atoms with E-state index in [9.17, 15) is 9.59 Å². The van der Waals surface area contributed by atoms with Crippen molar-refractivity contribution in [2.75, 3.05) is 10.6 Å². The van der Waals surface area contributed by atoms with Gasteiger partial charge in [0.15, 0.2) is 0 Å². The minimum absolute atomic E-state index is 0.0128. The van der Waals surface area contributed by atoms with Crippen molar-refractivity contribution in [2.45, 2.75) is 34.1 Å². The van der Waals surface area contributed by atoms with Crippen LogP contribution in [0.15, 0.2) is 30.5 Å². The molecule has 1 aromatic carbocycles. The maximum absolute atomic E-state index is 12.0. The number of anilines is 2. The Balaban J connectivity index is 1.92. The molecule has 124 valence electrons. The third-order valence-electron chi connectivity index (χ3n) is 4.11. The molecule has 0 unspecified atom stereocenters. The Morgan fingerprint density at radius 3 is 2.58 bits per heavy atom. The predicted molar refractivity (Wildman–Crippen MR) is 94.8 cm³/mol. The Kier molecular flexibility index (Phi) is 3.87. The van der Waals surface area contributed by atoms with E-state index in [1.54, 1.807) is 12.3 Å². The summed E-state index contributed by atoms with van der Waals surface area (Å²) in [5.74, 6) is 0.464. The van der Waals surface area contributed by atoms with E-state index in [-0.39, 0.29) is 11.8 Å². The summed E-state index contributed by atoms with van der Waals surface area (Å²) in [5, 5.41) is 5.69. The molecule has 0 saturated heterocycles. The summed E-state index contributed by atoms with van der Waals surface area (Å²) in [4.78, 5) is 28.1. The van der Waals surface area contributed by atoms with Crippen molar-refractivity contribution in [3.05, 3.63) is 41.6 Å². The molecule has 0 radical (unpaired) electrons. The van der Waals surface area contributed by atoms with Crippen LogP contribution in [0.5, 0.6) is 0 Å². The molecule has 2 amide bonds. The van der Waals surface area contributed by atoms with Crippen molar-refractivity contribution >= 4 is 23.3 Å². The first kappa shape index (κ1) is 16.2. The molecule has 5 heteroatoms. The number of carbonyl (C=O) groups is 2. The van der Waals surface area contributed by atoms with Crippen LogP contribution >= 0.6 is 0 Å². The first-order valence-electron chi connectivity index (χ1n) is 7.96. The number of rotatable bonds is 2. The fourth-order valence-corrected chi connectivity index (χ4v) is 2.74. The summed E-state index contributed by atoms with van der Waals surface area (Å²) in [6.45, 7) is 7.60. The van der Waals surface area contributed by atoms with E-state index in [2.05, 4.69) is 15.6 Å². The number of benzene rings is 1. The van der Waals surface area contributed by atoms with Gasteiger partial charge in [0.25, 0.3) is 0 Å². The summed E-state index contributed by atoms with van der Waals surface area (Å²) in [5.41, 5.74) is 4.47. The van der Waals surface area contributed by atoms with Crippen molar-refractivity contribution in [1.29, 1.82) is 0 Å². The van der Waals surface area contributed by atoms with E-state index in [1.165, 1.54) is 0 Å². The van der Waals surface area contributed by atoms with Crippen LogP contribution < -0.4 is 10.6 Å². The molecule has 0 spiro atoms. The fourth-order valence-electron chi connectivity index (χ4n) is 2.74. The average Bonchev–Trinajstić information content (AvgIpc) is 2.87. The van der Waals surface area contributed by atoms with Crippen molar-refractivity contribution < 1.29 is 9.59 Å². The zero-order valence-corrected chi connectivity index (χ0v) is 14.4. The highest BCUT2D eigenvalue weighted by molar-refractivity contribution is 6.02. The van der Waals surface area contributed by atoms with Crippen LogP contribution in [0.3, 0.4) is 0 Å². The Hall–Kier alpha value is -2.69. The van der Waals surface area contributed by atoms with Crippen LogP contribution in [0.4, 0.5) is 11.5 Å². The van der Waals surface area contributed by atoms with E-state index in [0.717, 1.165) is 27.9 Å². The number of hydrogen-bond donors (Lipinski definition) is 2. The second-order valence-corrected chi connectivity index (χ2v) is 7.14. The minimum Gasteiger partial charge on any atom is -0.326 e. The molecule has 2 N–H and O–H groups in total. The number of aromatic nitrogens is 1. The van der Waals surface area contributed by atoms with E-state index < -0.39 is 5.41 Å². The molecule has 0 aliphatic carbocycles. The Labute approximate surface area is 141 Å². The first-order chi connectivity index (χ1) is 11.3. The smallest absolute Gasteiger partial charge is 0.230 e. The lowest BCUT2D eigenvalue weighted by Gasteiger charge is -2.17. The molecular weight excluding hydrogens is 302 g/mol. The van der Waals surface area contributed by atoms with Crippen molar-refractivity contribution in [2.24, 2.45) is 5.41 Å². The lowest BCUT2D eigenvalue weighted by atomic mass is 9.94. The van der Waals surface area contributed by atoms with Crippen LogP contribution in [0.1, 0.15) is 31.9 Å². The predicted octanol–water partition coefficient (Wildman–Crippen LogP) is 3.54. The third-order valence-corrected chi connectivity index (χ3v) is 4.11. The monoisotopic (exact) mass is 323 g/mol. The van der Waals surface area contributed by atoms with Crippen molar-refractivity contribution in [3.63, 3.8) is 0 Å². The highest BCUT2D eigenvalue weighted by Crippen LogP contribution is 2.36. The van der Waals surface area contributed by atoms with Crippen molar-refractivity contribution in [3.8, 4) is 11.1 Å². The average molecular weight is 323 g/mol. The zero-order valence-electron chi connectivity index (χ0n) is 14.4. The molecule has 0 atom stereocenters. The molecule has 24 heavy (non-hydrogen) atoms. The summed E-state index contributed by atoms with van der Waals surface area (Å²) < 4.78 is 0. The van der Waals surface area contributed by atoms with E-state index in [0.29, 0.717) is 12.2 Å². The van der Waals surface area contributed by atoms with E-state index in [1.807, 2.05) is 45.9 Å². The second-order valence-electron chi connectivity index (χ2n) is 7.14. The van der Waals surface area contributed by atoms with Gasteiger partial charge in [0.05, 0.1) is 6.42 Å². The van der Waals surface area contributed by atoms with Crippen LogP contribution in [0.2, 0.25) is 0 Å². The minimum atomic E-state index is -0.469. The molecule has 1 aliphatic heterocycles. The van der Waals surface area contributed by atoms with Crippen molar-refractivity contribution in [1.82, 2.24) is 4.98 Å². The lowest BCUT2D eigenvalue weighted by Crippen LogP contribution is -2.27. The Bertz CT molecular complexity index is 818. The SMILES string of the molecule is Cc1ccc2c(c1-c1ccc(NC(=O)C(C)(C)C)nc1)CC(=O)N2. The van der Waals surface area contributed by atoms with Gasteiger partial charge < -0.3 is 10.6 Å². The number of pyridine rings is 1. The van der Waals surface area contributed by atoms with Crippen LogP contribution in [0, 0.1) is 12.3 Å². The standard InChI is InChI=1S/C19H21N3O2/c1-11-5-7-14-13(9-16(23)21-14)17(11)12-6-8-15(20-10-12)22-18(24)19(2,3)4/h5-8,10H,9H2,1-4H3,(H,21,23)(H,20,22,24). The van der Waals surface area contributed by atoms with Gasteiger partial charge in [-0.15, -0.1) is 0 Å². The van der Waals surface area contributed by atoms with Crippen LogP contribution in [-0.2, 0) is 16.0 Å². The number of carbonyl (C=O) groups excluding carboxylic acids is 2. The maximum Gasteiger partial charge on any atom is 0.230 e. The van der Waals surface area contributed by atoms with Gasteiger partial charge in [-0.1, -0.05) is 26.8 Å². The van der Waals surface area contributed by atoms with Gasteiger partial charge in [-0.05, 0) is 41.8 Å². The zero-order chi connectivity index (χ0) is 17.5. The number of aryl methyl sites for hydroxylation is 1. The summed E-state index contributed by atoms with van der Waals surface area (Å²) >= 11 is 0. The van der Waals surface area contributed by atoms with E-state index >= 15 is 0 Å². The molecule has 1 aliphatic rings. The molecule has 0 fully saturated rings. The van der Waals surface area contributed by atoms with Gasteiger partial charge >= 0.3 is 0 Å². The lowest BCUT2D eigenvalue weighted by molar-refractivity contribution is -0.123. The normalized spacial score (nSPS) is 13.4. The summed E-state index contributed by atoms with van der Waals surface area (Å²) in [6.07, 6.45) is 2.12. The Morgan fingerprint density at radius 1 is 1.21 bits per heavy atom. The highest BCUT2D eigenvalue weighted by atomic mass is 16.2. The summed E-state index contributed by atoms with van der Waals surface area (Å²) in [6, 6.07) is 7.65. The van der Waals surface area contributed by atoms with Crippen LogP contribution in [0.25, 0.3) is 11.1 Å². The van der Waals surface area contributed by atoms with Gasteiger partial charge in [0.2, 0.25) is 11.8 Å². The van der Waals surface area contributed by atoms with Gasteiger partial charge in [-0.2, -0.15) is 0 Å². The van der Waals surface area contributed by atoms with Gasteiger partial charge in [0, 0.05) is 22.9 Å². The Morgan fingerprint density at radius 2 is 1.96 bits per heavy atom. The molecule has 0 bridgehead atoms. The maximum atomic E-state index is 12.0. The number of amides is 2. The summed E-state index contributed by atoms with van der Waals surface area (Å²) in [7, 11) is 0. The molecule has 0 saturated carbocycles. The molecule has 5 nitrogen and oxygen atoms in total. The van der Waals surface area contributed by atoms with Crippen LogP contribution in [-0.4, -0.2) is 16.8 Å². The number of hydrogen-bond acceptors (Lipinski definition) is 3. The van der Waals surface area contributed by atoms with Gasteiger partial charge in [0.1, 0.15) is 5.82 Å². The molecule has 3 rings (SSSR count). The second kappa shape index (κ2) is 5.74. The van der Waals surface area contributed by atoms with E-state index in [4.69, 9.17) is 0 Å². The highest BCUT2D eigenvalue weighted by Gasteiger charge is 2.24. The van der Waals surface area contributed by atoms with Gasteiger partial charge in [-0.25, -0.2) is 4.98 Å². The number of nitrogens with zero attached hydrogens (tertiary/aromatic N) is 1.